The maximum atomic E-state index is 9.44. The third kappa shape index (κ3) is 2.23. The van der Waals surface area contributed by atoms with Crippen molar-refractivity contribution in [2.75, 3.05) is 25.1 Å². The molecule has 3 heteroatoms. The molecule has 0 spiro atoms. The number of methoxy groups -OCH3 is 1. The Bertz CT molecular complexity index is 319. The number of benzene rings is 1. The van der Waals surface area contributed by atoms with Crippen molar-refractivity contribution in [1.82, 2.24) is 0 Å². The van der Waals surface area contributed by atoms with Gasteiger partial charge in [0, 0.05) is 13.1 Å². The molecular formula is C12H16NO2. The molecule has 1 aromatic carbocycles. The summed E-state index contributed by atoms with van der Waals surface area (Å²) in [6.45, 7) is 1.78. The highest BCUT2D eigenvalue weighted by molar-refractivity contribution is 5.58. The molecule has 1 aliphatic heterocycles. The minimum atomic E-state index is -0.137. The van der Waals surface area contributed by atoms with Gasteiger partial charge in [-0.25, -0.2) is 0 Å². The first-order valence-electron chi connectivity index (χ1n) is 5.28. The molecule has 0 saturated carbocycles. The SMILES string of the molecule is COc1c[c]ccc1N1CCC(O)CC1. The van der Waals surface area contributed by atoms with Gasteiger partial charge in [0.2, 0.25) is 0 Å². The van der Waals surface area contributed by atoms with E-state index in [9.17, 15) is 5.11 Å². The molecule has 0 atom stereocenters. The van der Waals surface area contributed by atoms with Gasteiger partial charge in [0.15, 0.2) is 0 Å². The Morgan fingerprint density at radius 2 is 2.20 bits per heavy atom. The van der Waals surface area contributed by atoms with E-state index >= 15 is 0 Å². The molecule has 1 heterocycles. The molecule has 3 nitrogen and oxygen atoms in total. The maximum Gasteiger partial charge on any atom is 0.142 e. The average molecular weight is 206 g/mol. The van der Waals surface area contributed by atoms with Gasteiger partial charge < -0.3 is 14.7 Å². The van der Waals surface area contributed by atoms with Crippen molar-refractivity contribution in [3.63, 3.8) is 0 Å². The minimum absolute atomic E-state index is 0.137. The van der Waals surface area contributed by atoms with Gasteiger partial charge in [-0.1, -0.05) is 6.07 Å². The van der Waals surface area contributed by atoms with Crippen molar-refractivity contribution in [3.05, 3.63) is 24.3 Å². The molecule has 0 aromatic heterocycles. The molecular weight excluding hydrogens is 190 g/mol. The van der Waals surface area contributed by atoms with Crippen LogP contribution in [-0.2, 0) is 0 Å². The van der Waals surface area contributed by atoms with Crippen LogP contribution < -0.4 is 9.64 Å². The van der Waals surface area contributed by atoms with E-state index in [1.807, 2.05) is 18.2 Å². The highest BCUT2D eigenvalue weighted by Crippen LogP contribution is 2.29. The Labute approximate surface area is 90.3 Å². The summed E-state index contributed by atoms with van der Waals surface area (Å²) in [5.74, 6) is 0.855. The number of hydrogen-bond donors (Lipinski definition) is 1. The van der Waals surface area contributed by atoms with Gasteiger partial charge in [0.05, 0.1) is 18.9 Å². The van der Waals surface area contributed by atoms with Gasteiger partial charge in [0.1, 0.15) is 5.75 Å². The predicted octanol–water partition coefficient (Wildman–Crippen LogP) is 1.46. The Kier molecular flexibility index (Phi) is 3.11. The summed E-state index contributed by atoms with van der Waals surface area (Å²) in [7, 11) is 1.67. The van der Waals surface area contributed by atoms with Gasteiger partial charge in [-0.15, -0.1) is 0 Å². The summed E-state index contributed by atoms with van der Waals surface area (Å²) in [5.41, 5.74) is 1.10. The largest absolute Gasteiger partial charge is 0.495 e. The molecule has 1 radical (unpaired) electrons. The van der Waals surface area contributed by atoms with Crippen LogP contribution in [0.1, 0.15) is 12.8 Å². The molecule has 1 aromatic rings. The zero-order chi connectivity index (χ0) is 10.7. The van der Waals surface area contributed by atoms with E-state index < -0.39 is 0 Å². The molecule has 1 saturated heterocycles. The lowest BCUT2D eigenvalue weighted by molar-refractivity contribution is 0.145. The molecule has 1 fully saturated rings. The van der Waals surface area contributed by atoms with Crippen LogP contribution in [0.25, 0.3) is 0 Å². The van der Waals surface area contributed by atoms with Crippen molar-refractivity contribution < 1.29 is 9.84 Å². The van der Waals surface area contributed by atoms with Crippen LogP contribution in [-0.4, -0.2) is 31.4 Å². The molecule has 1 N–H and O–H groups in total. The Balaban J connectivity index is 2.15. The molecule has 81 valence electrons. The molecule has 0 amide bonds. The summed E-state index contributed by atoms with van der Waals surface area (Å²) in [5, 5.41) is 9.44. The maximum absolute atomic E-state index is 9.44. The number of rotatable bonds is 2. The molecule has 0 unspecified atom stereocenters. The highest BCUT2D eigenvalue weighted by atomic mass is 16.5. The third-order valence-electron chi connectivity index (χ3n) is 2.83. The van der Waals surface area contributed by atoms with Crippen molar-refractivity contribution in [3.8, 4) is 5.75 Å². The summed E-state index contributed by atoms with van der Waals surface area (Å²) >= 11 is 0. The fraction of sp³-hybridized carbons (Fsp3) is 0.500. The van der Waals surface area contributed by atoms with Gasteiger partial charge in [-0.3, -0.25) is 0 Å². The summed E-state index contributed by atoms with van der Waals surface area (Å²) in [6.07, 6.45) is 1.53. The van der Waals surface area contributed by atoms with Gasteiger partial charge in [-0.2, -0.15) is 0 Å². The van der Waals surface area contributed by atoms with Crippen LogP contribution in [0.3, 0.4) is 0 Å². The minimum Gasteiger partial charge on any atom is -0.495 e. The second-order valence-corrected chi connectivity index (χ2v) is 3.82. The second-order valence-electron chi connectivity index (χ2n) is 3.82. The van der Waals surface area contributed by atoms with Crippen LogP contribution in [0.4, 0.5) is 5.69 Å². The fourth-order valence-electron chi connectivity index (χ4n) is 1.94. The van der Waals surface area contributed by atoms with Crippen molar-refractivity contribution in [2.45, 2.75) is 18.9 Å². The predicted molar refractivity (Wildman–Crippen MR) is 59.3 cm³/mol. The standard InChI is InChI=1S/C12H16NO2/c1-15-12-5-3-2-4-11(12)13-8-6-10(14)7-9-13/h2,4-5,10,14H,6-9H2,1H3. The lowest BCUT2D eigenvalue weighted by atomic mass is 10.1. The van der Waals surface area contributed by atoms with E-state index in [2.05, 4.69) is 11.0 Å². The number of ether oxygens (including phenoxy) is 1. The number of hydrogen-bond acceptors (Lipinski definition) is 3. The summed E-state index contributed by atoms with van der Waals surface area (Å²) < 4.78 is 5.29. The lowest BCUT2D eigenvalue weighted by Gasteiger charge is -2.32. The number of nitrogens with zero attached hydrogens (tertiary/aromatic N) is 1. The van der Waals surface area contributed by atoms with Gasteiger partial charge in [-0.05, 0) is 31.0 Å². The topological polar surface area (TPSA) is 32.7 Å². The van der Waals surface area contributed by atoms with E-state index in [0.29, 0.717) is 0 Å². The fourth-order valence-corrected chi connectivity index (χ4v) is 1.94. The van der Waals surface area contributed by atoms with E-state index in [0.717, 1.165) is 37.4 Å². The first kappa shape index (κ1) is 10.3. The average Bonchev–Trinajstić information content (AvgIpc) is 2.30. The molecule has 0 aliphatic carbocycles. The smallest absolute Gasteiger partial charge is 0.142 e. The first-order chi connectivity index (χ1) is 7.31. The van der Waals surface area contributed by atoms with Crippen LogP contribution >= 0.6 is 0 Å². The van der Waals surface area contributed by atoms with Crippen LogP contribution in [0.15, 0.2) is 18.2 Å². The number of anilines is 1. The molecule has 1 aliphatic rings. The quantitative estimate of drug-likeness (QED) is 0.795. The highest BCUT2D eigenvalue weighted by Gasteiger charge is 2.19. The number of piperidine rings is 1. The number of aliphatic hydroxyl groups excluding tert-OH is 1. The summed E-state index contributed by atoms with van der Waals surface area (Å²) in [6, 6.07) is 8.75. The Morgan fingerprint density at radius 1 is 1.47 bits per heavy atom. The van der Waals surface area contributed by atoms with Crippen molar-refractivity contribution >= 4 is 5.69 Å². The van der Waals surface area contributed by atoms with Crippen LogP contribution in [0.2, 0.25) is 0 Å². The van der Waals surface area contributed by atoms with Crippen LogP contribution in [0, 0.1) is 6.07 Å². The summed E-state index contributed by atoms with van der Waals surface area (Å²) in [4.78, 5) is 2.25. The van der Waals surface area contributed by atoms with E-state index in [4.69, 9.17) is 4.74 Å². The van der Waals surface area contributed by atoms with Crippen molar-refractivity contribution in [1.29, 1.82) is 0 Å². The zero-order valence-electron chi connectivity index (χ0n) is 8.94. The van der Waals surface area contributed by atoms with Crippen molar-refractivity contribution in [2.24, 2.45) is 0 Å². The van der Waals surface area contributed by atoms with Gasteiger partial charge in [0.25, 0.3) is 0 Å². The second kappa shape index (κ2) is 4.53. The first-order valence-corrected chi connectivity index (χ1v) is 5.28. The molecule has 2 rings (SSSR count). The monoisotopic (exact) mass is 206 g/mol. The van der Waals surface area contributed by atoms with E-state index in [-0.39, 0.29) is 6.10 Å². The lowest BCUT2D eigenvalue weighted by Crippen LogP contribution is -2.35. The van der Waals surface area contributed by atoms with E-state index in [1.165, 1.54) is 0 Å². The Hall–Kier alpha value is -1.22. The van der Waals surface area contributed by atoms with Gasteiger partial charge >= 0.3 is 0 Å². The molecule has 15 heavy (non-hydrogen) atoms. The number of aliphatic hydroxyl groups is 1. The molecule has 0 bridgehead atoms. The third-order valence-corrected chi connectivity index (χ3v) is 2.83. The Morgan fingerprint density at radius 3 is 2.87 bits per heavy atom. The van der Waals surface area contributed by atoms with E-state index in [1.54, 1.807) is 7.11 Å². The van der Waals surface area contributed by atoms with Crippen LogP contribution in [0.5, 0.6) is 5.75 Å². The zero-order valence-corrected chi connectivity index (χ0v) is 8.94. The normalized spacial score (nSPS) is 17.9.